The Morgan fingerprint density at radius 2 is 2.29 bits per heavy atom. The molecule has 1 saturated heterocycles. The first kappa shape index (κ1) is 9.30. The molecule has 0 aromatic rings. The number of hydrogen-bond acceptors (Lipinski definition) is 2. The second-order valence-electron chi connectivity index (χ2n) is 4.11. The molecule has 5 heteroatoms. The van der Waals surface area contributed by atoms with Crippen LogP contribution >= 0.6 is 0 Å². The van der Waals surface area contributed by atoms with Crippen LogP contribution in [0.3, 0.4) is 0 Å². The molecule has 2 atom stereocenters. The van der Waals surface area contributed by atoms with E-state index >= 15 is 0 Å². The summed E-state index contributed by atoms with van der Waals surface area (Å²) in [6.07, 6.45) is 2.57. The minimum absolute atomic E-state index is 0.00565. The second kappa shape index (κ2) is 3.48. The molecule has 2 rings (SSSR count). The smallest absolute Gasteiger partial charge is 0.404 e. The van der Waals surface area contributed by atoms with E-state index in [2.05, 4.69) is 10.6 Å². The number of carbonyl (C=O) groups excluding carboxylic acids is 1. The van der Waals surface area contributed by atoms with Crippen LogP contribution in [-0.4, -0.2) is 29.2 Å². The Bertz CT molecular complexity index is 263. The molecule has 2 amide bonds. The van der Waals surface area contributed by atoms with Gasteiger partial charge in [-0.05, 0) is 12.3 Å². The topological polar surface area (TPSA) is 78.4 Å². The van der Waals surface area contributed by atoms with Gasteiger partial charge in [0.1, 0.15) is 0 Å². The van der Waals surface area contributed by atoms with Gasteiger partial charge in [0.05, 0.1) is 6.04 Å². The van der Waals surface area contributed by atoms with E-state index in [1.54, 1.807) is 0 Å². The number of hydrogen-bond donors (Lipinski definition) is 3. The van der Waals surface area contributed by atoms with Gasteiger partial charge in [0.2, 0.25) is 5.91 Å². The van der Waals surface area contributed by atoms with Crippen molar-refractivity contribution < 1.29 is 14.7 Å². The van der Waals surface area contributed by atoms with E-state index < -0.39 is 6.09 Å². The van der Waals surface area contributed by atoms with Crippen molar-refractivity contribution in [2.45, 2.75) is 37.8 Å². The van der Waals surface area contributed by atoms with Crippen LogP contribution in [-0.2, 0) is 4.79 Å². The van der Waals surface area contributed by atoms with Gasteiger partial charge in [-0.1, -0.05) is 12.8 Å². The zero-order valence-electron chi connectivity index (χ0n) is 7.82. The van der Waals surface area contributed by atoms with Crippen molar-refractivity contribution in [3.05, 3.63) is 0 Å². The Hall–Kier alpha value is -1.26. The normalized spacial score (nSPS) is 31.3. The van der Waals surface area contributed by atoms with E-state index in [9.17, 15) is 9.59 Å². The van der Waals surface area contributed by atoms with Gasteiger partial charge < -0.3 is 15.7 Å². The fourth-order valence-electron chi connectivity index (χ4n) is 1.95. The molecular formula is C9H14N2O3. The molecule has 14 heavy (non-hydrogen) atoms. The molecule has 1 aliphatic heterocycles. The summed E-state index contributed by atoms with van der Waals surface area (Å²) in [6, 6.07) is -0.230. The molecule has 3 N–H and O–H groups in total. The minimum atomic E-state index is -1.05. The van der Waals surface area contributed by atoms with Gasteiger partial charge in [0.15, 0.2) is 0 Å². The largest absolute Gasteiger partial charge is 0.465 e. The minimum Gasteiger partial charge on any atom is -0.465 e. The molecule has 78 valence electrons. The summed E-state index contributed by atoms with van der Waals surface area (Å²) in [5.74, 6) is 0.644. The molecule has 0 aromatic heterocycles. The van der Waals surface area contributed by atoms with E-state index in [1.165, 1.54) is 12.8 Å². The fourth-order valence-corrected chi connectivity index (χ4v) is 1.95. The molecule has 1 aliphatic carbocycles. The standard InChI is InChI=1S/C9H14N2O3/c12-8-4-7(11-9(13)14)6(10-8)3-5-1-2-5/h5-7,11H,1-4H2,(H,10,12)(H,13,14)/t6-,7-/m1/s1. The van der Waals surface area contributed by atoms with E-state index in [0.29, 0.717) is 5.92 Å². The number of rotatable bonds is 3. The first-order valence-corrected chi connectivity index (χ1v) is 4.94. The predicted molar refractivity (Wildman–Crippen MR) is 48.8 cm³/mol. The lowest BCUT2D eigenvalue weighted by Crippen LogP contribution is -2.43. The van der Waals surface area contributed by atoms with Gasteiger partial charge in [0, 0.05) is 12.5 Å². The Labute approximate surface area is 81.9 Å². The molecule has 5 nitrogen and oxygen atoms in total. The van der Waals surface area contributed by atoms with Crippen LogP contribution in [0.2, 0.25) is 0 Å². The zero-order valence-corrected chi connectivity index (χ0v) is 7.82. The summed E-state index contributed by atoms with van der Waals surface area (Å²) in [7, 11) is 0. The Morgan fingerprint density at radius 3 is 2.86 bits per heavy atom. The lowest BCUT2D eigenvalue weighted by Gasteiger charge is -2.17. The second-order valence-corrected chi connectivity index (χ2v) is 4.11. The van der Waals surface area contributed by atoms with Gasteiger partial charge in [-0.25, -0.2) is 4.79 Å². The van der Waals surface area contributed by atoms with Crippen molar-refractivity contribution in [1.82, 2.24) is 10.6 Å². The van der Waals surface area contributed by atoms with Crippen molar-refractivity contribution in [2.24, 2.45) is 5.92 Å². The van der Waals surface area contributed by atoms with E-state index in [1.807, 2.05) is 0 Å². The average Bonchev–Trinajstić information content (AvgIpc) is 2.79. The number of amides is 2. The van der Waals surface area contributed by atoms with Crippen LogP contribution in [0.15, 0.2) is 0 Å². The lowest BCUT2D eigenvalue weighted by molar-refractivity contribution is -0.119. The third-order valence-electron chi connectivity index (χ3n) is 2.83. The number of carboxylic acid groups (broad SMARTS) is 1. The third-order valence-corrected chi connectivity index (χ3v) is 2.83. The van der Waals surface area contributed by atoms with Crippen molar-refractivity contribution in [2.75, 3.05) is 0 Å². The highest BCUT2D eigenvalue weighted by Crippen LogP contribution is 2.35. The molecule has 1 saturated carbocycles. The van der Waals surface area contributed by atoms with Crippen LogP contribution in [0.4, 0.5) is 4.79 Å². The van der Waals surface area contributed by atoms with Crippen molar-refractivity contribution in [3.8, 4) is 0 Å². The van der Waals surface area contributed by atoms with E-state index in [0.717, 1.165) is 6.42 Å². The van der Waals surface area contributed by atoms with Crippen LogP contribution in [0.5, 0.6) is 0 Å². The molecular weight excluding hydrogens is 184 g/mol. The summed E-state index contributed by atoms with van der Waals surface area (Å²) in [5, 5.41) is 13.8. The maximum Gasteiger partial charge on any atom is 0.404 e. The van der Waals surface area contributed by atoms with Crippen molar-refractivity contribution in [1.29, 1.82) is 0 Å². The fraction of sp³-hybridized carbons (Fsp3) is 0.778. The van der Waals surface area contributed by atoms with Crippen molar-refractivity contribution in [3.63, 3.8) is 0 Å². The predicted octanol–water partition coefficient (Wildman–Crippen LogP) is 0.311. The summed E-state index contributed by atoms with van der Waals surface area (Å²) in [5.41, 5.74) is 0. The van der Waals surface area contributed by atoms with Gasteiger partial charge in [0.25, 0.3) is 0 Å². The van der Waals surface area contributed by atoms with Crippen LogP contribution < -0.4 is 10.6 Å². The average molecular weight is 198 g/mol. The molecule has 0 spiro atoms. The first-order chi connectivity index (χ1) is 6.65. The molecule has 2 fully saturated rings. The number of nitrogens with one attached hydrogen (secondary N) is 2. The Kier molecular flexibility index (Phi) is 2.31. The van der Waals surface area contributed by atoms with E-state index in [-0.39, 0.29) is 24.4 Å². The highest BCUT2D eigenvalue weighted by Gasteiger charge is 2.37. The first-order valence-electron chi connectivity index (χ1n) is 4.94. The van der Waals surface area contributed by atoms with E-state index in [4.69, 9.17) is 5.11 Å². The summed E-state index contributed by atoms with van der Waals surface area (Å²) in [6.45, 7) is 0. The summed E-state index contributed by atoms with van der Waals surface area (Å²) < 4.78 is 0. The van der Waals surface area contributed by atoms with Gasteiger partial charge in [-0.3, -0.25) is 4.79 Å². The Morgan fingerprint density at radius 1 is 1.57 bits per heavy atom. The lowest BCUT2D eigenvalue weighted by atomic mass is 10.0. The molecule has 0 aromatic carbocycles. The van der Waals surface area contributed by atoms with Gasteiger partial charge >= 0.3 is 6.09 Å². The molecule has 0 unspecified atom stereocenters. The Balaban J connectivity index is 1.90. The maximum absolute atomic E-state index is 11.1. The summed E-state index contributed by atoms with van der Waals surface area (Å²) in [4.78, 5) is 21.6. The maximum atomic E-state index is 11.1. The van der Waals surface area contributed by atoms with Crippen LogP contribution in [0.25, 0.3) is 0 Å². The highest BCUT2D eigenvalue weighted by atomic mass is 16.4. The monoisotopic (exact) mass is 198 g/mol. The SMILES string of the molecule is O=C(O)N[C@@H]1CC(=O)N[C@@H]1CC1CC1. The highest BCUT2D eigenvalue weighted by molar-refractivity contribution is 5.81. The van der Waals surface area contributed by atoms with Gasteiger partial charge in [-0.15, -0.1) is 0 Å². The van der Waals surface area contributed by atoms with Crippen molar-refractivity contribution >= 4 is 12.0 Å². The molecule has 0 bridgehead atoms. The molecule has 0 radical (unpaired) electrons. The molecule has 1 heterocycles. The third kappa shape index (κ3) is 2.16. The van der Waals surface area contributed by atoms with Crippen LogP contribution in [0.1, 0.15) is 25.7 Å². The molecule has 2 aliphatic rings. The van der Waals surface area contributed by atoms with Crippen LogP contribution in [0, 0.1) is 5.92 Å². The van der Waals surface area contributed by atoms with Gasteiger partial charge in [-0.2, -0.15) is 0 Å². The zero-order chi connectivity index (χ0) is 10.1. The summed E-state index contributed by atoms with van der Waals surface area (Å²) >= 11 is 0. The quantitative estimate of drug-likeness (QED) is 0.610. The number of carbonyl (C=O) groups is 2.